The lowest BCUT2D eigenvalue weighted by Gasteiger charge is -2.31. The Balaban J connectivity index is 1.49. The van der Waals surface area contributed by atoms with Gasteiger partial charge in [-0.2, -0.15) is 13.2 Å². The Kier molecular flexibility index (Phi) is 6.06. The zero-order chi connectivity index (χ0) is 24.5. The molecule has 10 heteroatoms. The summed E-state index contributed by atoms with van der Waals surface area (Å²) in [5.41, 5.74) is 0.330. The van der Waals surface area contributed by atoms with Gasteiger partial charge < -0.3 is 10.1 Å². The van der Waals surface area contributed by atoms with Crippen LogP contribution in [-0.2, 0) is 25.3 Å². The van der Waals surface area contributed by atoms with Gasteiger partial charge in [0.1, 0.15) is 6.54 Å². The Morgan fingerprint density at radius 1 is 1.18 bits per heavy atom. The molecular weight excluding hydrogens is 451 g/mol. The molecule has 0 bridgehead atoms. The van der Waals surface area contributed by atoms with Gasteiger partial charge in [-0.15, -0.1) is 0 Å². The van der Waals surface area contributed by atoms with Gasteiger partial charge in [-0.1, -0.05) is 24.3 Å². The molecule has 1 aromatic heterocycles. The number of anilines is 2. The highest BCUT2D eigenvalue weighted by atomic mass is 19.4. The second-order valence-corrected chi connectivity index (χ2v) is 7.54. The molecule has 2 amide bonds. The Morgan fingerprint density at radius 2 is 1.94 bits per heavy atom. The van der Waals surface area contributed by atoms with Crippen LogP contribution in [0.25, 0.3) is 17.0 Å². The predicted octanol–water partition coefficient (Wildman–Crippen LogP) is 4.18. The van der Waals surface area contributed by atoms with E-state index in [2.05, 4.69) is 10.3 Å². The monoisotopic (exact) mass is 469 g/mol. The highest BCUT2D eigenvalue weighted by Gasteiger charge is 2.35. The largest absolute Gasteiger partial charge is 0.449 e. The molecule has 0 spiro atoms. The predicted molar refractivity (Wildman–Crippen MR) is 119 cm³/mol. The SMILES string of the molecule is CC(OC(=O)/C=C/c1cccc2cccnc12)C(=O)N1CC(=O)Nc2cc(C(F)(F)F)ccc21. The normalized spacial score (nSPS) is 14.6. The molecule has 174 valence electrons. The van der Waals surface area contributed by atoms with Gasteiger partial charge in [-0.25, -0.2) is 4.79 Å². The summed E-state index contributed by atoms with van der Waals surface area (Å²) >= 11 is 0. The van der Waals surface area contributed by atoms with E-state index < -0.39 is 42.2 Å². The van der Waals surface area contributed by atoms with E-state index >= 15 is 0 Å². The quantitative estimate of drug-likeness (QED) is 0.458. The summed E-state index contributed by atoms with van der Waals surface area (Å²) in [6.45, 7) is 0.903. The molecule has 1 unspecified atom stereocenters. The van der Waals surface area contributed by atoms with E-state index in [9.17, 15) is 27.6 Å². The number of carbonyl (C=O) groups excluding carboxylic acids is 3. The van der Waals surface area contributed by atoms with Crippen molar-refractivity contribution in [1.29, 1.82) is 0 Å². The van der Waals surface area contributed by atoms with Crippen LogP contribution < -0.4 is 10.2 Å². The van der Waals surface area contributed by atoms with Gasteiger partial charge >= 0.3 is 12.1 Å². The first-order valence-corrected chi connectivity index (χ1v) is 10.2. The van der Waals surface area contributed by atoms with E-state index in [-0.39, 0.29) is 11.4 Å². The lowest BCUT2D eigenvalue weighted by molar-refractivity contribution is -0.149. The summed E-state index contributed by atoms with van der Waals surface area (Å²) in [7, 11) is 0. The number of pyridine rings is 1. The van der Waals surface area contributed by atoms with Crippen molar-refractivity contribution in [1.82, 2.24) is 4.98 Å². The van der Waals surface area contributed by atoms with E-state index in [0.29, 0.717) is 11.1 Å². The van der Waals surface area contributed by atoms with E-state index in [1.807, 2.05) is 18.2 Å². The number of ether oxygens (including phenoxy) is 1. The number of nitrogens with one attached hydrogen (secondary N) is 1. The Morgan fingerprint density at radius 3 is 2.71 bits per heavy atom. The van der Waals surface area contributed by atoms with Crippen molar-refractivity contribution in [2.75, 3.05) is 16.8 Å². The second-order valence-electron chi connectivity index (χ2n) is 7.54. The number of rotatable bonds is 4. The van der Waals surface area contributed by atoms with Crippen LogP contribution in [0.4, 0.5) is 24.5 Å². The first-order chi connectivity index (χ1) is 16.1. The van der Waals surface area contributed by atoms with E-state index in [1.165, 1.54) is 13.0 Å². The topological polar surface area (TPSA) is 88.6 Å². The van der Waals surface area contributed by atoms with Crippen molar-refractivity contribution < 1.29 is 32.3 Å². The van der Waals surface area contributed by atoms with Crippen LogP contribution in [0.3, 0.4) is 0 Å². The fourth-order valence-electron chi connectivity index (χ4n) is 3.57. The zero-order valence-electron chi connectivity index (χ0n) is 17.8. The van der Waals surface area contributed by atoms with Crippen LogP contribution in [0.15, 0.2) is 60.8 Å². The standard InChI is InChI=1S/C24H18F3N3O4/c1-14(34-21(32)10-7-16-5-2-4-15-6-3-11-28-22(15)16)23(33)30-13-20(31)29-18-12-17(24(25,26)27)8-9-19(18)30/h2-12,14H,13H2,1H3,(H,29,31)/b10-7+. The number of hydrogen-bond donors (Lipinski definition) is 1. The number of benzene rings is 2. The molecule has 0 aliphatic carbocycles. The second kappa shape index (κ2) is 8.97. The fourth-order valence-corrected chi connectivity index (χ4v) is 3.57. The van der Waals surface area contributed by atoms with Gasteiger partial charge in [0, 0.05) is 23.2 Å². The number of aromatic nitrogens is 1. The summed E-state index contributed by atoms with van der Waals surface area (Å²) in [5, 5.41) is 3.22. The molecule has 1 aliphatic rings. The van der Waals surface area contributed by atoms with Gasteiger partial charge in [0.05, 0.1) is 22.5 Å². The smallest absolute Gasteiger partial charge is 0.416 e. The molecule has 7 nitrogen and oxygen atoms in total. The van der Waals surface area contributed by atoms with Crippen LogP contribution in [0.2, 0.25) is 0 Å². The van der Waals surface area contributed by atoms with Crippen molar-refractivity contribution in [2.24, 2.45) is 0 Å². The first kappa shape index (κ1) is 23.0. The average Bonchev–Trinajstić information content (AvgIpc) is 2.80. The minimum Gasteiger partial charge on any atom is -0.449 e. The number of para-hydroxylation sites is 1. The van der Waals surface area contributed by atoms with Crippen molar-refractivity contribution in [2.45, 2.75) is 19.2 Å². The van der Waals surface area contributed by atoms with Gasteiger partial charge in [0.15, 0.2) is 6.10 Å². The van der Waals surface area contributed by atoms with Crippen LogP contribution >= 0.6 is 0 Å². The zero-order valence-corrected chi connectivity index (χ0v) is 17.8. The van der Waals surface area contributed by atoms with Gasteiger partial charge in [0.2, 0.25) is 5.91 Å². The number of fused-ring (bicyclic) bond motifs is 2. The van der Waals surface area contributed by atoms with Crippen LogP contribution in [-0.4, -0.2) is 35.4 Å². The number of amides is 2. The van der Waals surface area contributed by atoms with E-state index in [1.54, 1.807) is 18.3 Å². The maximum atomic E-state index is 13.0. The number of nitrogens with zero attached hydrogens (tertiary/aromatic N) is 2. The molecule has 0 radical (unpaired) electrons. The number of carbonyl (C=O) groups is 3. The molecule has 34 heavy (non-hydrogen) atoms. The third-order valence-electron chi connectivity index (χ3n) is 5.16. The van der Waals surface area contributed by atoms with Crippen LogP contribution in [0, 0.1) is 0 Å². The number of alkyl halides is 3. The molecule has 3 aromatic rings. The Hall–Kier alpha value is -4.21. The van der Waals surface area contributed by atoms with E-state index in [4.69, 9.17) is 4.74 Å². The van der Waals surface area contributed by atoms with Crippen molar-refractivity contribution in [3.8, 4) is 0 Å². The minimum absolute atomic E-state index is 0.0814. The Bertz CT molecular complexity index is 1320. The van der Waals surface area contributed by atoms with Gasteiger partial charge in [-0.3, -0.25) is 19.5 Å². The molecular formula is C24H18F3N3O4. The van der Waals surface area contributed by atoms with Crippen molar-refractivity contribution >= 4 is 46.1 Å². The molecule has 0 saturated carbocycles. The number of halogens is 3. The lowest BCUT2D eigenvalue weighted by atomic mass is 10.1. The third-order valence-corrected chi connectivity index (χ3v) is 5.16. The molecule has 4 rings (SSSR count). The summed E-state index contributed by atoms with van der Waals surface area (Å²) in [6, 6.07) is 11.8. The average molecular weight is 469 g/mol. The maximum Gasteiger partial charge on any atom is 0.416 e. The van der Waals surface area contributed by atoms with Gasteiger partial charge in [0.25, 0.3) is 5.91 Å². The lowest BCUT2D eigenvalue weighted by Crippen LogP contribution is -2.47. The molecule has 0 fully saturated rings. The highest BCUT2D eigenvalue weighted by Crippen LogP contribution is 2.37. The summed E-state index contributed by atoms with van der Waals surface area (Å²) < 4.78 is 44.2. The summed E-state index contributed by atoms with van der Waals surface area (Å²) in [5.74, 6) is -2.21. The molecule has 2 heterocycles. The van der Waals surface area contributed by atoms with Crippen LogP contribution in [0.1, 0.15) is 18.1 Å². The molecule has 1 aliphatic heterocycles. The van der Waals surface area contributed by atoms with E-state index in [0.717, 1.165) is 34.6 Å². The molecule has 1 N–H and O–H groups in total. The number of esters is 1. The summed E-state index contributed by atoms with van der Waals surface area (Å²) in [6.07, 6.45) is -1.61. The fraction of sp³-hybridized carbons (Fsp3) is 0.167. The van der Waals surface area contributed by atoms with Crippen molar-refractivity contribution in [3.05, 3.63) is 71.9 Å². The molecule has 1 atom stereocenters. The third kappa shape index (κ3) is 4.75. The van der Waals surface area contributed by atoms with Crippen molar-refractivity contribution in [3.63, 3.8) is 0 Å². The van der Waals surface area contributed by atoms with Crippen LogP contribution in [0.5, 0.6) is 0 Å². The molecule has 0 saturated heterocycles. The highest BCUT2D eigenvalue weighted by molar-refractivity contribution is 6.11. The molecule has 2 aromatic carbocycles. The minimum atomic E-state index is -4.61. The van der Waals surface area contributed by atoms with Gasteiger partial charge in [-0.05, 0) is 37.3 Å². The summed E-state index contributed by atoms with van der Waals surface area (Å²) in [4.78, 5) is 42.5. The first-order valence-electron chi connectivity index (χ1n) is 10.2. The maximum absolute atomic E-state index is 13.0. The Labute approximate surface area is 191 Å². The number of hydrogen-bond acceptors (Lipinski definition) is 5.